The molecule has 2 aromatic rings. The highest BCUT2D eigenvalue weighted by Gasteiger charge is 2.29. The van der Waals surface area contributed by atoms with Crippen LogP contribution in [0.5, 0.6) is 0 Å². The highest BCUT2D eigenvalue weighted by atomic mass is 16.2. The maximum atomic E-state index is 12.5. The molecule has 5 heteroatoms. The van der Waals surface area contributed by atoms with Crippen molar-refractivity contribution in [1.82, 2.24) is 15.2 Å². The van der Waals surface area contributed by atoms with Gasteiger partial charge >= 0.3 is 0 Å². The molecule has 1 unspecified atom stereocenters. The van der Waals surface area contributed by atoms with Crippen LogP contribution in [0.4, 0.5) is 0 Å². The number of fused-ring (bicyclic) bond motifs is 1. The number of nitrogens with one attached hydrogen (secondary N) is 2. The minimum absolute atomic E-state index is 0.0967. The van der Waals surface area contributed by atoms with Crippen LogP contribution in [0.1, 0.15) is 17.3 Å². The number of aromatic amines is 1. The van der Waals surface area contributed by atoms with Crippen molar-refractivity contribution in [2.24, 2.45) is 0 Å². The SMILES string of the molecule is CC1C(=O)NCCN1C(=O)c1ccc2cc[nH]c2c1. The Kier molecular flexibility index (Phi) is 2.74. The molecule has 98 valence electrons. The summed E-state index contributed by atoms with van der Waals surface area (Å²) in [5.74, 6) is -0.195. The fraction of sp³-hybridized carbons (Fsp3) is 0.286. The normalized spacial score (nSPS) is 19.5. The summed E-state index contributed by atoms with van der Waals surface area (Å²) >= 11 is 0. The Bertz CT molecular complexity index is 647. The van der Waals surface area contributed by atoms with Gasteiger partial charge in [-0.25, -0.2) is 0 Å². The van der Waals surface area contributed by atoms with Crippen LogP contribution in [0, 0.1) is 0 Å². The molecule has 1 saturated heterocycles. The van der Waals surface area contributed by atoms with Gasteiger partial charge in [-0.3, -0.25) is 9.59 Å². The predicted molar refractivity (Wildman–Crippen MR) is 71.8 cm³/mol. The number of carbonyl (C=O) groups is 2. The summed E-state index contributed by atoms with van der Waals surface area (Å²) in [5, 5.41) is 3.82. The van der Waals surface area contributed by atoms with Gasteiger partial charge in [0.15, 0.2) is 0 Å². The molecule has 1 fully saturated rings. The average molecular weight is 257 g/mol. The Labute approximate surface area is 110 Å². The molecule has 0 spiro atoms. The quantitative estimate of drug-likeness (QED) is 0.804. The number of aromatic nitrogens is 1. The summed E-state index contributed by atoms with van der Waals surface area (Å²) < 4.78 is 0. The van der Waals surface area contributed by atoms with Crippen molar-refractivity contribution in [2.75, 3.05) is 13.1 Å². The van der Waals surface area contributed by atoms with Gasteiger partial charge in [0.1, 0.15) is 6.04 Å². The molecule has 1 aromatic carbocycles. The van der Waals surface area contributed by atoms with Gasteiger partial charge in [0.2, 0.25) is 5.91 Å². The number of piperazine rings is 1. The Balaban J connectivity index is 1.92. The second-order valence-corrected chi connectivity index (χ2v) is 4.75. The van der Waals surface area contributed by atoms with Crippen molar-refractivity contribution in [3.05, 3.63) is 36.0 Å². The lowest BCUT2D eigenvalue weighted by molar-refractivity contribution is -0.127. The van der Waals surface area contributed by atoms with E-state index in [0.717, 1.165) is 10.9 Å². The van der Waals surface area contributed by atoms with Crippen LogP contribution in [-0.2, 0) is 4.79 Å². The summed E-state index contributed by atoms with van der Waals surface area (Å²) in [4.78, 5) is 28.8. The van der Waals surface area contributed by atoms with Crippen molar-refractivity contribution in [1.29, 1.82) is 0 Å². The van der Waals surface area contributed by atoms with Gasteiger partial charge in [-0.2, -0.15) is 0 Å². The first-order valence-corrected chi connectivity index (χ1v) is 6.32. The zero-order valence-corrected chi connectivity index (χ0v) is 10.6. The maximum Gasteiger partial charge on any atom is 0.254 e. The van der Waals surface area contributed by atoms with E-state index in [1.165, 1.54) is 0 Å². The summed E-state index contributed by atoms with van der Waals surface area (Å²) in [5.41, 5.74) is 1.54. The van der Waals surface area contributed by atoms with E-state index in [0.29, 0.717) is 18.7 Å². The molecule has 3 rings (SSSR count). The minimum Gasteiger partial charge on any atom is -0.361 e. The van der Waals surface area contributed by atoms with Gasteiger partial charge in [0, 0.05) is 30.4 Å². The van der Waals surface area contributed by atoms with E-state index in [1.807, 2.05) is 24.4 Å². The number of hydrogen-bond donors (Lipinski definition) is 2. The van der Waals surface area contributed by atoms with E-state index in [1.54, 1.807) is 17.9 Å². The number of nitrogens with zero attached hydrogens (tertiary/aromatic N) is 1. The van der Waals surface area contributed by atoms with Crippen molar-refractivity contribution in [3.8, 4) is 0 Å². The van der Waals surface area contributed by atoms with E-state index in [4.69, 9.17) is 0 Å². The summed E-state index contributed by atoms with van der Waals surface area (Å²) in [6, 6.07) is 7.09. The highest BCUT2D eigenvalue weighted by molar-refractivity contribution is 6.00. The highest BCUT2D eigenvalue weighted by Crippen LogP contribution is 2.17. The molecule has 1 atom stereocenters. The number of carbonyl (C=O) groups excluding carboxylic acids is 2. The molecule has 1 aliphatic heterocycles. The van der Waals surface area contributed by atoms with E-state index in [2.05, 4.69) is 10.3 Å². The van der Waals surface area contributed by atoms with E-state index in [9.17, 15) is 9.59 Å². The number of amides is 2. The first-order chi connectivity index (χ1) is 9.16. The van der Waals surface area contributed by atoms with Crippen LogP contribution < -0.4 is 5.32 Å². The van der Waals surface area contributed by atoms with Gasteiger partial charge in [0.25, 0.3) is 5.91 Å². The first kappa shape index (κ1) is 11.8. The number of H-pyrrole nitrogens is 1. The molecule has 0 saturated carbocycles. The van der Waals surface area contributed by atoms with Gasteiger partial charge in [-0.1, -0.05) is 6.07 Å². The minimum atomic E-state index is -0.416. The van der Waals surface area contributed by atoms with Gasteiger partial charge in [-0.15, -0.1) is 0 Å². The van der Waals surface area contributed by atoms with Crippen LogP contribution in [0.3, 0.4) is 0 Å². The lowest BCUT2D eigenvalue weighted by Crippen LogP contribution is -2.55. The molecule has 0 radical (unpaired) electrons. The molecular formula is C14H15N3O2. The molecule has 0 bridgehead atoms. The number of benzene rings is 1. The monoisotopic (exact) mass is 257 g/mol. The smallest absolute Gasteiger partial charge is 0.254 e. The van der Waals surface area contributed by atoms with Gasteiger partial charge in [0.05, 0.1) is 0 Å². The number of hydrogen-bond acceptors (Lipinski definition) is 2. The van der Waals surface area contributed by atoms with Crippen LogP contribution in [0.15, 0.2) is 30.5 Å². The van der Waals surface area contributed by atoms with E-state index in [-0.39, 0.29) is 11.8 Å². The Morgan fingerprint density at radius 3 is 3.05 bits per heavy atom. The van der Waals surface area contributed by atoms with Crippen molar-refractivity contribution >= 4 is 22.7 Å². The third-order valence-electron chi connectivity index (χ3n) is 3.56. The van der Waals surface area contributed by atoms with Crippen molar-refractivity contribution in [3.63, 3.8) is 0 Å². The van der Waals surface area contributed by atoms with Crippen LogP contribution in [0.25, 0.3) is 10.9 Å². The third-order valence-corrected chi connectivity index (χ3v) is 3.56. The zero-order valence-electron chi connectivity index (χ0n) is 10.6. The molecule has 19 heavy (non-hydrogen) atoms. The van der Waals surface area contributed by atoms with Crippen LogP contribution in [0.2, 0.25) is 0 Å². The molecule has 1 aromatic heterocycles. The molecule has 2 amide bonds. The summed E-state index contributed by atoms with van der Waals surface area (Å²) in [6.45, 7) is 2.81. The number of rotatable bonds is 1. The Morgan fingerprint density at radius 1 is 1.37 bits per heavy atom. The van der Waals surface area contributed by atoms with Crippen molar-refractivity contribution < 1.29 is 9.59 Å². The molecule has 2 heterocycles. The Morgan fingerprint density at radius 2 is 2.21 bits per heavy atom. The maximum absolute atomic E-state index is 12.5. The molecule has 0 aliphatic carbocycles. The first-order valence-electron chi connectivity index (χ1n) is 6.32. The standard InChI is InChI=1S/C14H15N3O2/c1-9-13(18)16-6-7-17(9)14(19)11-3-2-10-4-5-15-12(10)8-11/h2-5,8-9,15H,6-7H2,1H3,(H,16,18). The Hall–Kier alpha value is -2.30. The molecule has 2 N–H and O–H groups in total. The largest absolute Gasteiger partial charge is 0.361 e. The lowest BCUT2D eigenvalue weighted by Gasteiger charge is -2.32. The lowest BCUT2D eigenvalue weighted by atomic mass is 10.1. The van der Waals surface area contributed by atoms with Crippen LogP contribution >= 0.6 is 0 Å². The van der Waals surface area contributed by atoms with Gasteiger partial charge in [-0.05, 0) is 30.5 Å². The molecule has 5 nitrogen and oxygen atoms in total. The van der Waals surface area contributed by atoms with Gasteiger partial charge < -0.3 is 15.2 Å². The summed E-state index contributed by atoms with van der Waals surface area (Å²) in [6.07, 6.45) is 1.84. The second-order valence-electron chi connectivity index (χ2n) is 4.75. The molecular weight excluding hydrogens is 242 g/mol. The fourth-order valence-electron chi connectivity index (χ4n) is 2.41. The zero-order chi connectivity index (χ0) is 13.4. The predicted octanol–water partition coefficient (Wildman–Crippen LogP) is 1.13. The fourth-order valence-corrected chi connectivity index (χ4v) is 2.41. The van der Waals surface area contributed by atoms with E-state index >= 15 is 0 Å². The van der Waals surface area contributed by atoms with Crippen LogP contribution in [-0.4, -0.2) is 40.8 Å². The average Bonchev–Trinajstić information content (AvgIpc) is 2.88. The van der Waals surface area contributed by atoms with Crippen molar-refractivity contribution in [2.45, 2.75) is 13.0 Å². The third kappa shape index (κ3) is 1.97. The summed E-state index contributed by atoms with van der Waals surface area (Å²) in [7, 11) is 0. The second kappa shape index (κ2) is 4.42. The van der Waals surface area contributed by atoms with E-state index < -0.39 is 6.04 Å². The topological polar surface area (TPSA) is 65.2 Å². The molecule has 1 aliphatic rings.